The molecule has 1 aromatic carbocycles. The van der Waals surface area contributed by atoms with Gasteiger partial charge >= 0.3 is 0 Å². The number of benzene rings is 1. The van der Waals surface area contributed by atoms with E-state index in [1.165, 1.54) is 19.1 Å². The topological polar surface area (TPSA) is 75.7 Å². The third kappa shape index (κ3) is 4.67. The van der Waals surface area contributed by atoms with E-state index in [9.17, 15) is 13.2 Å². The van der Waals surface area contributed by atoms with Gasteiger partial charge in [-0.2, -0.15) is 4.72 Å². The molecule has 0 aliphatic carbocycles. The molecule has 1 amide bonds. The number of sulfonamides is 1. The van der Waals surface area contributed by atoms with Gasteiger partial charge in [-0.05, 0) is 39.0 Å². The first-order valence-corrected chi connectivity index (χ1v) is 9.27. The molecule has 1 aliphatic rings. The van der Waals surface area contributed by atoms with E-state index in [1.54, 1.807) is 17.0 Å². The van der Waals surface area contributed by atoms with Crippen molar-refractivity contribution in [1.82, 2.24) is 9.62 Å². The minimum Gasteiger partial charge on any atom is -0.372 e. The molecule has 6 nitrogen and oxygen atoms in total. The Labute approximate surface area is 141 Å². The maximum absolute atomic E-state index is 12.5. The lowest BCUT2D eigenvalue weighted by molar-refractivity contribution is -0.144. The zero-order valence-electron chi connectivity index (χ0n) is 13.3. The monoisotopic (exact) mass is 360 g/mol. The van der Waals surface area contributed by atoms with Crippen LogP contribution in [0.4, 0.5) is 0 Å². The molecule has 0 radical (unpaired) electrons. The van der Waals surface area contributed by atoms with Crippen LogP contribution in [0.15, 0.2) is 29.2 Å². The molecule has 1 N–H and O–H groups in total. The number of hydrogen-bond donors (Lipinski definition) is 1. The summed E-state index contributed by atoms with van der Waals surface area (Å²) in [6.07, 6.45) is -0.140. The van der Waals surface area contributed by atoms with Gasteiger partial charge in [-0.3, -0.25) is 4.79 Å². The van der Waals surface area contributed by atoms with E-state index in [2.05, 4.69) is 4.72 Å². The molecule has 1 aromatic rings. The first-order chi connectivity index (χ1) is 10.7. The predicted octanol–water partition coefficient (Wildman–Crippen LogP) is 1.64. The van der Waals surface area contributed by atoms with Crippen LogP contribution >= 0.6 is 11.6 Å². The normalized spacial score (nSPS) is 23.6. The fourth-order valence-corrected chi connectivity index (χ4v) is 4.11. The van der Waals surface area contributed by atoms with Gasteiger partial charge in [0.15, 0.2) is 0 Å². The molecule has 0 saturated carbocycles. The summed E-state index contributed by atoms with van der Waals surface area (Å²) in [5, 5.41) is 0.322. The van der Waals surface area contributed by atoms with E-state index < -0.39 is 16.1 Å². The number of morpholine rings is 1. The van der Waals surface area contributed by atoms with Gasteiger partial charge in [-0.15, -0.1) is 0 Å². The van der Waals surface area contributed by atoms with Gasteiger partial charge in [0.25, 0.3) is 0 Å². The van der Waals surface area contributed by atoms with Gasteiger partial charge < -0.3 is 9.64 Å². The summed E-state index contributed by atoms with van der Waals surface area (Å²) in [6.45, 7) is 6.21. The minimum absolute atomic E-state index is 0.0355. The van der Waals surface area contributed by atoms with Crippen LogP contribution in [0.3, 0.4) is 0 Å². The number of carbonyl (C=O) groups excluding carboxylic acids is 1. The molecule has 1 fully saturated rings. The smallest absolute Gasteiger partial charge is 0.241 e. The van der Waals surface area contributed by atoms with Crippen LogP contribution in [0.2, 0.25) is 5.02 Å². The Balaban J connectivity index is 2.08. The van der Waals surface area contributed by atoms with Gasteiger partial charge in [0.05, 0.1) is 23.1 Å². The number of amides is 1. The quantitative estimate of drug-likeness (QED) is 0.885. The molecular weight excluding hydrogens is 340 g/mol. The number of nitrogens with zero attached hydrogens (tertiary/aromatic N) is 1. The van der Waals surface area contributed by atoms with Gasteiger partial charge in [0, 0.05) is 18.1 Å². The zero-order chi connectivity index (χ0) is 17.2. The first-order valence-electron chi connectivity index (χ1n) is 7.41. The Kier molecular flexibility index (Phi) is 5.67. The molecule has 1 aliphatic heterocycles. The Morgan fingerprint density at radius 3 is 2.52 bits per heavy atom. The molecule has 0 bridgehead atoms. The summed E-state index contributed by atoms with van der Waals surface area (Å²) in [5.74, 6) is -0.266. The van der Waals surface area contributed by atoms with Crippen molar-refractivity contribution in [1.29, 1.82) is 0 Å². The Morgan fingerprint density at radius 1 is 1.35 bits per heavy atom. The average Bonchev–Trinajstić information content (AvgIpc) is 2.45. The van der Waals surface area contributed by atoms with Crippen LogP contribution in [-0.2, 0) is 19.6 Å². The maximum atomic E-state index is 12.5. The summed E-state index contributed by atoms with van der Waals surface area (Å²) in [6, 6.07) is 5.06. The Hall–Kier alpha value is -1.15. The maximum Gasteiger partial charge on any atom is 0.241 e. The van der Waals surface area contributed by atoms with Crippen LogP contribution in [-0.4, -0.2) is 50.6 Å². The first kappa shape index (κ1) is 18.2. The second-order valence-corrected chi connectivity index (χ2v) is 7.95. The Morgan fingerprint density at radius 2 is 1.96 bits per heavy atom. The number of carbonyl (C=O) groups is 1. The lowest BCUT2D eigenvalue weighted by Gasteiger charge is -2.36. The standard InChI is InChI=1S/C15H21ClN2O4S/c1-10-8-18(9-11(2)22-10)15(19)12(3)17-23(20,21)14-6-4-5-13(16)7-14/h4-7,10-12,17H,8-9H2,1-3H3/t10-,11+,12-/m0/s1. The van der Waals surface area contributed by atoms with E-state index in [4.69, 9.17) is 16.3 Å². The summed E-state index contributed by atoms with van der Waals surface area (Å²) in [5.41, 5.74) is 0. The van der Waals surface area contributed by atoms with Crippen LogP contribution in [0.1, 0.15) is 20.8 Å². The number of halogens is 1. The molecule has 8 heteroatoms. The summed E-state index contributed by atoms with van der Waals surface area (Å²) in [7, 11) is -3.81. The highest BCUT2D eigenvalue weighted by Gasteiger charge is 2.30. The van der Waals surface area contributed by atoms with Crippen molar-refractivity contribution in [2.24, 2.45) is 0 Å². The van der Waals surface area contributed by atoms with E-state index >= 15 is 0 Å². The highest BCUT2D eigenvalue weighted by molar-refractivity contribution is 7.89. The number of rotatable bonds is 4. The molecule has 23 heavy (non-hydrogen) atoms. The van der Waals surface area contributed by atoms with Gasteiger partial charge in [0.2, 0.25) is 15.9 Å². The molecule has 0 aromatic heterocycles. The fraction of sp³-hybridized carbons (Fsp3) is 0.533. The van der Waals surface area contributed by atoms with E-state index in [-0.39, 0.29) is 23.0 Å². The largest absolute Gasteiger partial charge is 0.372 e. The average molecular weight is 361 g/mol. The van der Waals surface area contributed by atoms with Gasteiger partial charge in [0.1, 0.15) is 0 Å². The Bertz CT molecular complexity index is 670. The summed E-state index contributed by atoms with van der Waals surface area (Å²) in [4.78, 5) is 14.1. The van der Waals surface area contributed by atoms with Gasteiger partial charge in [-0.1, -0.05) is 17.7 Å². The van der Waals surface area contributed by atoms with Crippen molar-refractivity contribution in [3.8, 4) is 0 Å². The molecule has 2 rings (SSSR count). The SMILES string of the molecule is C[C@@H]1CN(C(=O)[C@H](C)NS(=O)(=O)c2cccc(Cl)c2)C[C@H](C)O1. The second-order valence-electron chi connectivity index (χ2n) is 5.80. The molecule has 128 valence electrons. The lowest BCUT2D eigenvalue weighted by atomic mass is 10.2. The molecular formula is C15H21ClN2O4S. The number of nitrogens with one attached hydrogen (secondary N) is 1. The third-order valence-corrected chi connectivity index (χ3v) is 5.31. The van der Waals surface area contributed by atoms with E-state index in [1.807, 2.05) is 13.8 Å². The highest BCUT2D eigenvalue weighted by Crippen LogP contribution is 2.17. The molecule has 1 heterocycles. The van der Waals surface area contributed by atoms with Crippen LogP contribution in [0.5, 0.6) is 0 Å². The van der Waals surface area contributed by atoms with Gasteiger partial charge in [-0.25, -0.2) is 8.42 Å². The van der Waals surface area contributed by atoms with Crippen LogP contribution in [0.25, 0.3) is 0 Å². The predicted molar refractivity (Wildman–Crippen MR) is 87.8 cm³/mol. The van der Waals surface area contributed by atoms with Crippen molar-refractivity contribution >= 4 is 27.5 Å². The van der Waals surface area contributed by atoms with Crippen LogP contribution < -0.4 is 4.72 Å². The lowest BCUT2D eigenvalue weighted by Crippen LogP contribution is -2.54. The number of ether oxygens (including phenoxy) is 1. The second kappa shape index (κ2) is 7.17. The number of hydrogen-bond acceptors (Lipinski definition) is 4. The van der Waals surface area contributed by atoms with Crippen molar-refractivity contribution < 1.29 is 17.9 Å². The molecule has 0 unspecified atom stereocenters. The summed E-state index contributed by atoms with van der Waals surface area (Å²) >= 11 is 5.82. The summed E-state index contributed by atoms with van der Waals surface area (Å²) < 4.78 is 32.7. The van der Waals surface area contributed by atoms with Crippen molar-refractivity contribution in [3.05, 3.63) is 29.3 Å². The van der Waals surface area contributed by atoms with Crippen molar-refractivity contribution in [2.45, 2.75) is 43.9 Å². The van der Waals surface area contributed by atoms with Crippen LogP contribution in [0, 0.1) is 0 Å². The van der Waals surface area contributed by atoms with Crippen molar-refractivity contribution in [2.75, 3.05) is 13.1 Å². The fourth-order valence-electron chi connectivity index (χ4n) is 2.62. The minimum atomic E-state index is -3.81. The van der Waals surface area contributed by atoms with Crippen molar-refractivity contribution in [3.63, 3.8) is 0 Å². The molecule has 1 saturated heterocycles. The zero-order valence-corrected chi connectivity index (χ0v) is 14.9. The third-order valence-electron chi connectivity index (χ3n) is 3.54. The van der Waals surface area contributed by atoms with E-state index in [0.29, 0.717) is 18.1 Å². The molecule has 3 atom stereocenters. The van der Waals surface area contributed by atoms with E-state index in [0.717, 1.165) is 0 Å². The molecule has 0 spiro atoms. The highest BCUT2D eigenvalue weighted by atomic mass is 35.5.